The summed E-state index contributed by atoms with van der Waals surface area (Å²) < 4.78 is 17.2. The van der Waals surface area contributed by atoms with E-state index in [1.54, 1.807) is 44.6 Å². The normalized spacial score (nSPS) is 15.6. The monoisotopic (exact) mass is 705 g/mol. The van der Waals surface area contributed by atoms with Gasteiger partial charge in [-0.15, -0.1) is 0 Å². The van der Waals surface area contributed by atoms with E-state index < -0.39 is 5.82 Å². The van der Waals surface area contributed by atoms with Gasteiger partial charge in [0.25, 0.3) is 0 Å². The number of phenols is 1. The molecule has 3 aromatic carbocycles. The zero-order chi connectivity index (χ0) is 29.3. The summed E-state index contributed by atoms with van der Waals surface area (Å²) in [5.74, 6) is -0.526. The first-order valence-electron chi connectivity index (χ1n) is 13.0. The number of halogens is 3. The van der Waals surface area contributed by atoms with Crippen molar-refractivity contribution in [2.24, 2.45) is 0 Å². The Kier molecular flexibility index (Phi) is 9.03. The molecule has 1 aliphatic rings. The lowest BCUT2D eigenvalue weighted by molar-refractivity contribution is -0.106. The number of amides is 1. The molecule has 1 aliphatic heterocycles. The van der Waals surface area contributed by atoms with Crippen molar-refractivity contribution >= 4 is 70.6 Å². The summed E-state index contributed by atoms with van der Waals surface area (Å²) in [6, 6.07) is 14.1. The van der Waals surface area contributed by atoms with Crippen molar-refractivity contribution in [3.8, 4) is 28.0 Å². The van der Waals surface area contributed by atoms with E-state index in [-0.39, 0.29) is 10.8 Å². The first-order chi connectivity index (χ1) is 19.7. The summed E-state index contributed by atoms with van der Waals surface area (Å²) in [7, 11) is 5.24. The van der Waals surface area contributed by atoms with Gasteiger partial charge in [-0.25, -0.2) is 4.39 Å². The lowest BCUT2D eigenvalue weighted by Gasteiger charge is -2.34. The highest BCUT2D eigenvalue weighted by Gasteiger charge is 2.22. The van der Waals surface area contributed by atoms with Crippen LogP contribution in [-0.2, 0) is 4.79 Å². The van der Waals surface area contributed by atoms with Gasteiger partial charge in [-0.2, -0.15) is 0 Å². The Morgan fingerprint density at radius 1 is 1.12 bits per heavy atom. The second-order valence-electron chi connectivity index (χ2n) is 10.2. The Hall–Kier alpha value is -2.93. The van der Waals surface area contributed by atoms with Gasteiger partial charge in [0.2, 0.25) is 6.41 Å². The topological polar surface area (TPSA) is 64.0 Å². The van der Waals surface area contributed by atoms with Gasteiger partial charge in [-0.3, -0.25) is 13.7 Å². The summed E-state index contributed by atoms with van der Waals surface area (Å²) in [6.07, 6.45) is 6.01. The number of rotatable bonds is 8. The lowest BCUT2D eigenvalue weighted by Crippen LogP contribution is -2.49. The smallest absolute Gasteiger partial charge is 0.218 e. The Bertz CT molecular complexity index is 1630. The number of anilines is 2. The van der Waals surface area contributed by atoms with Crippen LogP contribution in [0.2, 0.25) is 5.02 Å². The summed E-state index contributed by atoms with van der Waals surface area (Å²) >= 11 is 8.82. The molecule has 0 bridgehead atoms. The van der Waals surface area contributed by atoms with Crippen LogP contribution in [0.1, 0.15) is 6.92 Å². The van der Waals surface area contributed by atoms with Gasteiger partial charge in [-0.1, -0.05) is 17.7 Å². The molecule has 7 nitrogen and oxygen atoms in total. The predicted molar refractivity (Wildman–Crippen MR) is 177 cm³/mol. The third-order valence-corrected chi connectivity index (χ3v) is 9.14. The Morgan fingerprint density at radius 3 is 2.54 bits per heavy atom. The number of aromatic hydroxyl groups is 1. The van der Waals surface area contributed by atoms with Crippen molar-refractivity contribution in [3.05, 3.63) is 78.0 Å². The van der Waals surface area contributed by atoms with E-state index in [1.807, 2.05) is 32.4 Å². The van der Waals surface area contributed by atoms with Crippen molar-refractivity contribution < 1.29 is 14.3 Å². The molecule has 2 N–H and O–H groups in total. The van der Waals surface area contributed by atoms with Gasteiger partial charge in [0.1, 0.15) is 11.6 Å². The van der Waals surface area contributed by atoms with Crippen LogP contribution in [0.4, 0.5) is 15.8 Å². The molecule has 11 heteroatoms. The molecule has 0 radical (unpaired) electrons. The maximum atomic E-state index is 15.2. The number of piperazine rings is 1. The zero-order valence-corrected chi connectivity index (χ0v) is 26.5. The molecule has 0 aliphatic carbocycles. The molecule has 2 heterocycles. The van der Waals surface area contributed by atoms with Crippen molar-refractivity contribution in [1.82, 2.24) is 14.2 Å². The first kappa shape index (κ1) is 29.6. The van der Waals surface area contributed by atoms with Gasteiger partial charge in [-0.05, 0) is 60.5 Å². The third kappa shape index (κ3) is 6.15. The van der Waals surface area contributed by atoms with Gasteiger partial charge >= 0.3 is 0 Å². The fraction of sp³-hybridized carbons (Fsp3) is 0.233. The third-order valence-electron chi connectivity index (χ3n) is 7.10. The summed E-state index contributed by atoms with van der Waals surface area (Å²) in [5.41, 5.74) is 4.45. The molecule has 4 aromatic rings. The molecule has 0 unspecified atom stereocenters. The number of benzene rings is 3. The largest absolute Gasteiger partial charge is 0.507 e. The first-order valence-corrected chi connectivity index (χ1v) is 16.7. The minimum Gasteiger partial charge on any atom is -0.507 e. The van der Waals surface area contributed by atoms with Crippen LogP contribution in [0, 0.1) is 5.82 Å². The summed E-state index contributed by atoms with van der Waals surface area (Å²) in [6.45, 7) is 4.71. The Morgan fingerprint density at radius 2 is 1.88 bits per heavy atom. The van der Waals surface area contributed by atoms with Crippen molar-refractivity contribution in [2.75, 3.05) is 43.5 Å². The molecular formula is C30H30ClFIN5O2S. The van der Waals surface area contributed by atoms with Gasteiger partial charge in [0.15, 0.2) is 0 Å². The molecule has 41 heavy (non-hydrogen) atoms. The van der Waals surface area contributed by atoms with Crippen LogP contribution in [-0.4, -0.2) is 60.2 Å². The number of nitrogens with zero attached hydrogens (tertiary/aromatic N) is 4. The molecule has 0 saturated carbocycles. The lowest BCUT2D eigenvalue weighted by atomic mass is 9.95. The van der Waals surface area contributed by atoms with Crippen LogP contribution in [0.5, 0.6) is 5.75 Å². The van der Waals surface area contributed by atoms with Crippen LogP contribution >= 0.6 is 41.9 Å². The number of hydrogen-bond acceptors (Lipinski definition) is 6. The molecular weight excluding hydrogens is 676 g/mol. The van der Waals surface area contributed by atoms with E-state index in [1.165, 1.54) is 17.0 Å². The highest BCUT2D eigenvalue weighted by Crippen LogP contribution is 2.44. The van der Waals surface area contributed by atoms with E-state index in [9.17, 15) is 9.90 Å². The summed E-state index contributed by atoms with van der Waals surface area (Å²) in [4.78, 5) is 17.2. The molecule has 214 valence electrons. The molecule has 1 aromatic heterocycles. The minimum atomic E-state index is -0.479. The van der Waals surface area contributed by atoms with Gasteiger partial charge in [0, 0.05) is 111 Å². The van der Waals surface area contributed by atoms with Crippen LogP contribution in [0.3, 0.4) is 0 Å². The molecule has 1 fully saturated rings. The molecule has 1 atom stereocenters. The van der Waals surface area contributed by atoms with Crippen molar-refractivity contribution in [2.45, 2.75) is 13.0 Å². The highest BCUT2D eigenvalue weighted by atomic mass is 127. The molecule has 5 rings (SSSR count). The average Bonchev–Trinajstić information content (AvgIpc) is 3.37. The maximum Gasteiger partial charge on any atom is 0.218 e. The number of carbonyl (C=O) groups excluding carboxylic acids is 1. The van der Waals surface area contributed by atoms with E-state index in [2.05, 4.69) is 48.4 Å². The maximum absolute atomic E-state index is 15.2. The standard InChI is InChI=1S/C30H30ClFIN5O2S/c1-19-17-36(9-7-34-19)28-13-21(14-29-23(28)6-8-38(29)41-33)25-16-22(32)15-24(30(25)40)20-4-5-27(26(31)12-20)37(18-39)11-10-35(2)3/h4-6,8,10-16,18-19,34,40H,7,9,17H2,1-3H3/b11-10-/t19-/m1/s1. The SMILES string of the molecule is C[C@@H]1CN(c2cc(-c3cc(F)cc(-c4ccc(N(C=O)/C=C\N(C)C)c(Cl)c4)c3O)cc3c2ccn3SI)CCN1. The average molecular weight is 706 g/mol. The number of hydrogen-bond donors (Lipinski definition) is 2. The van der Waals surface area contributed by atoms with Crippen LogP contribution < -0.4 is 15.1 Å². The fourth-order valence-corrected chi connectivity index (χ4v) is 6.77. The molecule has 0 spiro atoms. The summed E-state index contributed by atoms with van der Waals surface area (Å²) in [5, 5.41) is 16.4. The van der Waals surface area contributed by atoms with Crippen molar-refractivity contribution in [3.63, 3.8) is 0 Å². The van der Waals surface area contributed by atoms with E-state index in [4.69, 9.17) is 11.6 Å². The van der Waals surface area contributed by atoms with Gasteiger partial charge < -0.3 is 20.2 Å². The minimum absolute atomic E-state index is 0.0471. The van der Waals surface area contributed by atoms with Crippen molar-refractivity contribution in [1.29, 1.82) is 0 Å². The number of aromatic nitrogens is 1. The van der Waals surface area contributed by atoms with E-state index >= 15 is 4.39 Å². The van der Waals surface area contributed by atoms with Crippen LogP contribution in [0.25, 0.3) is 33.2 Å². The van der Waals surface area contributed by atoms with E-state index in [0.29, 0.717) is 40.4 Å². The fourth-order valence-electron chi connectivity index (χ4n) is 5.13. The number of phenolic OH excluding ortho intramolecular Hbond substituents is 1. The number of fused-ring (bicyclic) bond motifs is 1. The number of carbonyl (C=O) groups is 1. The zero-order valence-electron chi connectivity index (χ0n) is 22.8. The van der Waals surface area contributed by atoms with Gasteiger partial charge in [0.05, 0.1) is 16.2 Å². The molecule has 1 saturated heterocycles. The number of nitrogens with one attached hydrogen (secondary N) is 1. The molecule has 1 amide bonds. The highest BCUT2D eigenvalue weighted by molar-refractivity contribution is 14.2. The predicted octanol–water partition coefficient (Wildman–Crippen LogP) is 7.11. The second kappa shape index (κ2) is 12.5. The second-order valence-corrected chi connectivity index (χ2v) is 12.4. The van der Waals surface area contributed by atoms with Crippen LogP contribution in [0.15, 0.2) is 67.1 Å². The quantitative estimate of drug-likeness (QED) is 0.151. The Balaban J connectivity index is 1.61. The Labute approximate surface area is 260 Å². The van der Waals surface area contributed by atoms with E-state index in [0.717, 1.165) is 36.2 Å².